The molecule has 0 fully saturated rings. The number of carbonyl (C=O) groups is 4. The average molecular weight is 723 g/mol. The number of carboxylic acid groups (broad SMARTS) is 1. The average Bonchev–Trinajstić information content (AvgIpc) is 3.29. The van der Waals surface area contributed by atoms with Crippen LogP contribution in [0.15, 0.2) is 59.9 Å². The number of alkyl halides is 6. The second-order valence-electron chi connectivity index (χ2n) is 10.7. The van der Waals surface area contributed by atoms with Gasteiger partial charge in [-0.2, -0.15) is 26.3 Å². The van der Waals surface area contributed by atoms with Gasteiger partial charge in [-0.1, -0.05) is 13.5 Å². The number of halogens is 6. The third-order valence-corrected chi connectivity index (χ3v) is 7.35. The summed E-state index contributed by atoms with van der Waals surface area (Å²) < 4.78 is 73.4. The van der Waals surface area contributed by atoms with Crippen molar-refractivity contribution in [1.82, 2.24) is 19.4 Å². The van der Waals surface area contributed by atoms with Crippen LogP contribution in [0.2, 0.25) is 0 Å². The molecular weight excluding hydrogens is 690 g/mol. The number of carbonyl (C=O) groups excluding carboxylic acids is 3. The lowest BCUT2D eigenvalue weighted by molar-refractivity contribution is -0.192. The Balaban J connectivity index is 0.000000908. The summed E-state index contributed by atoms with van der Waals surface area (Å²) in [5, 5.41) is 15.3. The second kappa shape index (κ2) is 15.7. The first-order chi connectivity index (χ1) is 23.7. The van der Waals surface area contributed by atoms with Gasteiger partial charge in [0.1, 0.15) is 18.0 Å². The molecule has 51 heavy (non-hydrogen) atoms. The molecule has 12 nitrogen and oxygen atoms in total. The van der Waals surface area contributed by atoms with Crippen LogP contribution < -0.4 is 21.5 Å². The summed E-state index contributed by atoms with van der Waals surface area (Å²) >= 11 is 0. The Morgan fingerprint density at radius 3 is 2.08 bits per heavy atom. The molecule has 0 radical (unpaired) electrons. The van der Waals surface area contributed by atoms with Crippen LogP contribution in [0.5, 0.6) is 0 Å². The fourth-order valence-electron chi connectivity index (χ4n) is 4.80. The molecule has 2 aromatic carbocycles. The number of benzene rings is 2. The minimum Gasteiger partial charge on any atom is -0.475 e. The number of nitrogens with zero attached hydrogens (tertiary/aromatic N) is 3. The fourth-order valence-corrected chi connectivity index (χ4v) is 4.80. The number of anilines is 2. The van der Waals surface area contributed by atoms with E-state index in [0.29, 0.717) is 30.0 Å². The number of aryl methyl sites for hydroxylation is 2. The first-order valence-corrected chi connectivity index (χ1v) is 15.0. The highest BCUT2D eigenvalue weighted by Crippen LogP contribution is 2.30. The SMILES string of the molecule is C=CC(=O)Nc1cc(C(=O)NCC)ccc1-n1c(CC)nc2c(c(C)c(C)n2CC(=O)Nc2ccc(C(F)(F)F)cc2)c1=O.O=C(O)C(F)(F)F. The van der Waals surface area contributed by atoms with Crippen molar-refractivity contribution in [3.8, 4) is 5.69 Å². The zero-order valence-electron chi connectivity index (χ0n) is 27.5. The van der Waals surface area contributed by atoms with Crippen LogP contribution in [0.4, 0.5) is 37.7 Å². The number of aromatic nitrogens is 3. The van der Waals surface area contributed by atoms with Gasteiger partial charge in [0.15, 0.2) is 0 Å². The van der Waals surface area contributed by atoms with E-state index < -0.39 is 41.3 Å². The van der Waals surface area contributed by atoms with Crippen molar-refractivity contribution in [2.24, 2.45) is 0 Å². The van der Waals surface area contributed by atoms with Crippen molar-refractivity contribution in [1.29, 1.82) is 0 Å². The largest absolute Gasteiger partial charge is 0.490 e. The molecule has 3 amide bonds. The van der Waals surface area contributed by atoms with E-state index in [2.05, 4.69) is 22.5 Å². The van der Waals surface area contributed by atoms with E-state index in [-0.39, 0.29) is 46.1 Å². The van der Waals surface area contributed by atoms with Crippen LogP contribution in [0, 0.1) is 13.8 Å². The molecule has 2 aromatic heterocycles. The predicted molar refractivity (Wildman–Crippen MR) is 175 cm³/mol. The van der Waals surface area contributed by atoms with Gasteiger partial charge in [-0.25, -0.2) is 9.78 Å². The monoisotopic (exact) mass is 722 g/mol. The number of nitrogens with one attached hydrogen (secondary N) is 3. The Kier molecular flexibility index (Phi) is 12.2. The molecule has 4 rings (SSSR count). The molecule has 0 spiro atoms. The summed E-state index contributed by atoms with van der Waals surface area (Å²) in [7, 11) is 0. The van der Waals surface area contributed by atoms with Gasteiger partial charge in [0.05, 0.1) is 22.3 Å². The zero-order valence-corrected chi connectivity index (χ0v) is 27.5. The van der Waals surface area contributed by atoms with Crippen molar-refractivity contribution >= 4 is 46.1 Å². The number of amides is 3. The lowest BCUT2D eigenvalue weighted by Gasteiger charge is -2.17. The van der Waals surface area contributed by atoms with E-state index in [1.54, 1.807) is 38.3 Å². The van der Waals surface area contributed by atoms with Crippen molar-refractivity contribution in [2.75, 3.05) is 17.2 Å². The second-order valence-corrected chi connectivity index (χ2v) is 10.7. The summed E-state index contributed by atoms with van der Waals surface area (Å²) in [6, 6.07) is 8.64. The summed E-state index contributed by atoms with van der Waals surface area (Å²) in [6.45, 7) is 10.6. The van der Waals surface area contributed by atoms with Gasteiger partial charge in [0.25, 0.3) is 11.5 Å². The maximum atomic E-state index is 14.1. The van der Waals surface area contributed by atoms with Gasteiger partial charge in [0, 0.05) is 29.9 Å². The topological polar surface area (TPSA) is 164 Å². The predicted octanol–water partition coefficient (Wildman–Crippen LogP) is 5.53. The van der Waals surface area contributed by atoms with Gasteiger partial charge in [0.2, 0.25) is 11.8 Å². The van der Waals surface area contributed by atoms with Crippen molar-refractivity contribution in [2.45, 2.75) is 53.0 Å². The Labute approximate surface area is 285 Å². The summed E-state index contributed by atoms with van der Waals surface area (Å²) in [5.41, 5.74) is 1.08. The van der Waals surface area contributed by atoms with Crippen LogP contribution >= 0.6 is 0 Å². The van der Waals surface area contributed by atoms with Crippen LogP contribution in [-0.2, 0) is 33.5 Å². The molecule has 0 saturated carbocycles. The molecule has 0 aliphatic carbocycles. The highest BCUT2D eigenvalue weighted by atomic mass is 19.4. The summed E-state index contributed by atoms with van der Waals surface area (Å²) in [5.74, 6) is -3.86. The molecule has 0 aliphatic rings. The highest BCUT2D eigenvalue weighted by molar-refractivity contribution is 6.02. The summed E-state index contributed by atoms with van der Waals surface area (Å²) in [6.07, 6.45) is -8.23. The third kappa shape index (κ3) is 9.20. The quantitative estimate of drug-likeness (QED) is 0.130. The van der Waals surface area contributed by atoms with E-state index in [1.807, 2.05) is 0 Å². The maximum absolute atomic E-state index is 14.1. The van der Waals surface area contributed by atoms with Crippen LogP contribution in [0.25, 0.3) is 16.7 Å². The van der Waals surface area contributed by atoms with Gasteiger partial charge >= 0.3 is 18.3 Å². The van der Waals surface area contributed by atoms with Crippen LogP contribution in [-0.4, -0.2) is 55.6 Å². The molecule has 0 bridgehead atoms. The molecule has 4 aromatic rings. The minimum absolute atomic E-state index is 0.184. The lowest BCUT2D eigenvalue weighted by atomic mass is 10.1. The molecule has 2 heterocycles. The number of rotatable bonds is 9. The van der Waals surface area contributed by atoms with E-state index >= 15 is 0 Å². The smallest absolute Gasteiger partial charge is 0.475 e. The highest BCUT2D eigenvalue weighted by Gasteiger charge is 2.38. The lowest BCUT2D eigenvalue weighted by Crippen LogP contribution is -2.27. The maximum Gasteiger partial charge on any atom is 0.490 e. The van der Waals surface area contributed by atoms with Crippen molar-refractivity contribution < 1.29 is 50.6 Å². The van der Waals surface area contributed by atoms with E-state index in [0.717, 1.165) is 18.2 Å². The normalized spacial score (nSPS) is 11.3. The molecule has 272 valence electrons. The van der Waals surface area contributed by atoms with Crippen LogP contribution in [0.1, 0.15) is 46.9 Å². The first kappa shape index (κ1) is 39.5. The first-order valence-electron chi connectivity index (χ1n) is 15.0. The van der Waals surface area contributed by atoms with Crippen molar-refractivity contribution in [3.05, 3.63) is 93.7 Å². The number of carboxylic acids is 1. The molecule has 0 saturated heterocycles. The minimum atomic E-state index is -5.08. The van der Waals surface area contributed by atoms with E-state index in [9.17, 15) is 45.5 Å². The van der Waals surface area contributed by atoms with E-state index in [4.69, 9.17) is 14.9 Å². The third-order valence-electron chi connectivity index (χ3n) is 7.35. The molecule has 0 unspecified atom stereocenters. The standard InChI is InChI=1S/C31H31F3N6O4.C2HF3O2/c1-6-24-38-28-27(17(4)18(5)39(28)16-26(42)36-21-12-10-20(11-13-21)31(32,33)34)30(44)40(24)23-14-9-19(29(43)35-8-3)15-22(23)37-25(41)7-2;3-2(4,5)1(6)7/h7,9-15H,2,6,8,16H2,1,3-5H3,(H,35,43)(H,36,42)(H,37,41);(H,6,7). The Morgan fingerprint density at radius 2 is 1.57 bits per heavy atom. The molecule has 4 N–H and O–H groups in total. The number of hydrogen-bond donors (Lipinski definition) is 4. The summed E-state index contributed by atoms with van der Waals surface area (Å²) in [4.78, 5) is 65.5. The van der Waals surface area contributed by atoms with Crippen LogP contribution in [0.3, 0.4) is 0 Å². The number of fused-ring (bicyclic) bond motifs is 1. The number of hydrogen-bond acceptors (Lipinski definition) is 6. The number of aliphatic carboxylic acids is 1. The molecule has 18 heteroatoms. The van der Waals surface area contributed by atoms with Crippen molar-refractivity contribution in [3.63, 3.8) is 0 Å². The Hall–Kier alpha value is -5.94. The van der Waals surface area contributed by atoms with E-state index in [1.165, 1.54) is 28.8 Å². The Bertz CT molecular complexity index is 2050. The fraction of sp³-hybridized carbons (Fsp3) is 0.273. The molecule has 0 atom stereocenters. The Morgan fingerprint density at radius 1 is 0.961 bits per heavy atom. The van der Waals surface area contributed by atoms with Gasteiger partial charge < -0.3 is 25.6 Å². The van der Waals surface area contributed by atoms with Gasteiger partial charge in [-0.3, -0.25) is 23.7 Å². The van der Waals surface area contributed by atoms with Gasteiger partial charge in [-0.05, 0) is 74.9 Å². The molecule has 0 aliphatic heterocycles. The molecular formula is C33H32F6N6O6. The zero-order chi connectivity index (χ0) is 38.4. The van der Waals surface area contributed by atoms with Gasteiger partial charge in [-0.15, -0.1) is 0 Å².